The third-order valence-corrected chi connectivity index (χ3v) is 3.17. The number of methoxy groups -OCH3 is 1. The molecule has 0 aliphatic heterocycles. The van der Waals surface area contributed by atoms with Gasteiger partial charge in [0.05, 0.1) is 7.11 Å². The van der Waals surface area contributed by atoms with Crippen molar-refractivity contribution in [2.45, 2.75) is 0 Å². The first-order chi connectivity index (χ1) is 9.54. The molecule has 20 heavy (non-hydrogen) atoms. The summed E-state index contributed by atoms with van der Waals surface area (Å²) in [5.41, 5.74) is 8.70. The van der Waals surface area contributed by atoms with E-state index in [1.54, 1.807) is 19.2 Å². The van der Waals surface area contributed by atoms with Crippen LogP contribution in [0.4, 0.5) is 5.69 Å². The molecule has 0 bridgehead atoms. The van der Waals surface area contributed by atoms with E-state index in [0.717, 1.165) is 22.6 Å². The minimum atomic E-state index is -0.437. The van der Waals surface area contributed by atoms with Crippen molar-refractivity contribution in [3.05, 3.63) is 48.0 Å². The average Bonchev–Trinajstić information content (AvgIpc) is 2.46. The molecule has 0 aromatic heterocycles. The quantitative estimate of drug-likeness (QED) is 0.928. The first-order valence-electron chi connectivity index (χ1n) is 6.29. The van der Waals surface area contributed by atoms with Crippen molar-refractivity contribution in [1.29, 1.82) is 0 Å². The zero-order valence-electron chi connectivity index (χ0n) is 11.9. The van der Waals surface area contributed by atoms with E-state index in [9.17, 15) is 4.79 Å². The van der Waals surface area contributed by atoms with Crippen molar-refractivity contribution in [3.63, 3.8) is 0 Å². The van der Waals surface area contributed by atoms with Crippen LogP contribution in [0, 0.1) is 0 Å². The summed E-state index contributed by atoms with van der Waals surface area (Å²) in [7, 11) is 5.53. The highest BCUT2D eigenvalue weighted by Gasteiger charge is 2.14. The van der Waals surface area contributed by atoms with Crippen molar-refractivity contribution >= 4 is 11.6 Å². The fourth-order valence-corrected chi connectivity index (χ4v) is 2.18. The lowest BCUT2D eigenvalue weighted by Crippen LogP contribution is -2.14. The number of hydrogen-bond donors (Lipinski definition) is 1. The SMILES string of the molecule is COc1ccc(N(C)C)c(-c2ccccc2C(N)=O)c1. The van der Waals surface area contributed by atoms with Gasteiger partial charge in [-0.2, -0.15) is 0 Å². The van der Waals surface area contributed by atoms with Gasteiger partial charge in [0.2, 0.25) is 5.91 Å². The number of amides is 1. The molecular formula is C16H18N2O2. The van der Waals surface area contributed by atoms with Crippen molar-refractivity contribution < 1.29 is 9.53 Å². The van der Waals surface area contributed by atoms with Crippen LogP contribution in [-0.2, 0) is 0 Å². The van der Waals surface area contributed by atoms with Crippen molar-refractivity contribution in [2.75, 3.05) is 26.1 Å². The number of carbonyl (C=O) groups is 1. The summed E-state index contributed by atoms with van der Waals surface area (Å²) in [6.07, 6.45) is 0. The summed E-state index contributed by atoms with van der Waals surface area (Å²) in [6.45, 7) is 0. The molecule has 0 spiro atoms. The van der Waals surface area contributed by atoms with Gasteiger partial charge < -0.3 is 15.4 Å². The Labute approximate surface area is 118 Å². The van der Waals surface area contributed by atoms with Gasteiger partial charge >= 0.3 is 0 Å². The van der Waals surface area contributed by atoms with Crippen molar-refractivity contribution in [1.82, 2.24) is 0 Å². The average molecular weight is 270 g/mol. The zero-order valence-corrected chi connectivity index (χ0v) is 11.9. The van der Waals surface area contributed by atoms with Crippen LogP contribution in [0.3, 0.4) is 0 Å². The summed E-state index contributed by atoms with van der Waals surface area (Å²) in [4.78, 5) is 13.6. The van der Waals surface area contributed by atoms with E-state index < -0.39 is 5.91 Å². The second-order valence-electron chi connectivity index (χ2n) is 4.69. The molecule has 0 unspecified atom stereocenters. The molecule has 0 radical (unpaired) electrons. The Hall–Kier alpha value is -2.49. The van der Waals surface area contributed by atoms with Crippen LogP contribution < -0.4 is 15.4 Å². The lowest BCUT2D eigenvalue weighted by atomic mass is 9.97. The van der Waals surface area contributed by atoms with Gasteiger partial charge in [0.15, 0.2) is 0 Å². The van der Waals surface area contributed by atoms with E-state index in [1.807, 2.05) is 49.3 Å². The van der Waals surface area contributed by atoms with Gasteiger partial charge in [-0.25, -0.2) is 0 Å². The number of hydrogen-bond acceptors (Lipinski definition) is 3. The fraction of sp³-hybridized carbons (Fsp3) is 0.188. The number of nitrogens with two attached hydrogens (primary N) is 1. The molecule has 2 aromatic rings. The van der Waals surface area contributed by atoms with Gasteiger partial charge in [0.25, 0.3) is 0 Å². The first-order valence-corrected chi connectivity index (χ1v) is 6.29. The van der Waals surface area contributed by atoms with Crippen LogP contribution in [0.25, 0.3) is 11.1 Å². The van der Waals surface area contributed by atoms with E-state index >= 15 is 0 Å². The van der Waals surface area contributed by atoms with Crippen molar-refractivity contribution in [3.8, 4) is 16.9 Å². The molecule has 0 saturated heterocycles. The van der Waals surface area contributed by atoms with Crippen LogP contribution in [-0.4, -0.2) is 27.1 Å². The third-order valence-electron chi connectivity index (χ3n) is 3.17. The van der Waals surface area contributed by atoms with Gasteiger partial charge in [-0.05, 0) is 29.8 Å². The highest BCUT2D eigenvalue weighted by atomic mass is 16.5. The van der Waals surface area contributed by atoms with Crippen LogP contribution in [0.2, 0.25) is 0 Å². The Balaban J connectivity index is 2.70. The molecule has 0 saturated carbocycles. The summed E-state index contributed by atoms with van der Waals surface area (Å²) >= 11 is 0. The van der Waals surface area contributed by atoms with Gasteiger partial charge in [-0.15, -0.1) is 0 Å². The number of nitrogens with zero attached hydrogens (tertiary/aromatic N) is 1. The molecular weight excluding hydrogens is 252 g/mol. The lowest BCUT2D eigenvalue weighted by molar-refractivity contribution is 0.100. The normalized spacial score (nSPS) is 10.2. The number of ether oxygens (including phenoxy) is 1. The van der Waals surface area contributed by atoms with Crippen molar-refractivity contribution in [2.24, 2.45) is 5.73 Å². The molecule has 0 atom stereocenters. The predicted molar refractivity (Wildman–Crippen MR) is 81.3 cm³/mol. The monoisotopic (exact) mass is 270 g/mol. The Bertz CT molecular complexity index is 636. The molecule has 0 aliphatic rings. The van der Waals surface area contributed by atoms with Gasteiger partial charge in [-0.3, -0.25) is 4.79 Å². The van der Waals surface area contributed by atoms with Gasteiger partial charge in [0.1, 0.15) is 5.75 Å². The molecule has 4 heteroatoms. The predicted octanol–water partition coefficient (Wildman–Crippen LogP) is 2.53. The Morgan fingerprint density at radius 3 is 2.40 bits per heavy atom. The molecule has 4 nitrogen and oxygen atoms in total. The fourth-order valence-electron chi connectivity index (χ4n) is 2.18. The lowest BCUT2D eigenvalue weighted by Gasteiger charge is -2.19. The van der Waals surface area contributed by atoms with Crippen LogP contribution in [0.15, 0.2) is 42.5 Å². The largest absolute Gasteiger partial charge is 0.497 e. The maximum absolute atomic E-state index is 11.6. The summed E-state index contributed by atoms with van der Waals surface area (Å²) in [5.74, 6) is 0.304. The number of benzene rings is 2. The summed E-state index contributed by atoms with van der Waals surface area (Å²) in [6, 6.07) is 13.1. The molecule has 2 N–H and O–H groups in total. The molecule has 0 aliphatic carbocycles. The third kappa shape index (κ3) is 2.59. The number of carbonyl (C=O) groups excluding carboxylic acids is 1. The van der Waals surface area contributed by atoms with E-state index in [2.05, 4.69) is 0 Å². The minimum Gasteiger partial charge on any atom is -0.497 e. The highest BCUT2D eigenvalue weighted by Crippen LogP contribution is 2.35. The van der Waals surface area contributed by atoms with Crippen LogP contribution in [0.5, 0.6) is 5.75 Å². The molecule has 2 rings (SSSR count). The standard InChI is InChI=1S/C16H18N2O2/c1-18(2)15-9-8-11(20-3)10-14(15)12-6-4-5-7-13(12)16(17)19/h4-10H,1-3H3,(H2,17,19). The zero-order chi connectivity index (χ0) is 14.7. The maximum atomic E-state index is 11.6. The first kappa shape index (κ1) is 13.9. The van der Waals surface area contributed by atoms with E-state index in [4.69, 9.17) is 10.5 Å². The molecule has 104 valence electrons. The second kappa shape index (κ2) is 5.65. The Morgan fingerprint density at radius 2 is 1.80 bits per heavy atom. The molecule has 1 amide bonds. The number of rotatable bonds is 4. The summed E-state index contributed by atoms with van der Waals surface area (Å²) < 4.78 is 5.28. The highest BCUT2D eigenvalue weighted by molar-refractivity contribution is 6.01. The number of primary amides is 1. The van der Waals surface area contributed by atoms with Gasteiger partial charge in [-0.1, -0.05) is 18.2 Å². The minimum absolute atomic E-state index is 0.437. The smallest absolute Gasteiger partial charge is 0.249 e. The maximum Gasteiger partial charge on any atom is 0.249 e. The Kier molecular flexibility index (Phi) is 3.94. The topological polar surface area (TPSA) is 55.6 Å². The van der Waals surface area contributed by atoms with Gasteiger partial charge in [0, 0.05) is 30.9 Å². The van der Waals surface area contributed by atoms with E-state index in [0.29, 0.717) is 5.56 Å². The molecule has 2 aromatic carbocycles. The Morgan fingerprint density at radius 1 is 1.10 bits per heavy atom. The van der Waals surface area contributed by atoms with E-state index in [1.165, 1.54) is 0 Å². The molecule has 0 heterocycles. The van der Waals surface area contributed by atoms with Crippen LogP contribution in [0.1, 0.15) is 10.4 Å². The van der Waals surface area contributed by atoms with Crippen LogP contribution >= 0.6 is 0 Å². The van der Waals surface area contributed by atoms with E-state index in [-0.39, 0.29) is 0 Å². The molecule has 0 fully saturated rings. The summed E-state index contributed by atoms with van der Waals surface area (Å²) in [5, 5.41) is 0. The second-order valence-corrected chi connectivity index (χ2v) is 4.69. The number of anilines is 1.